The molecular weight excluding hydrogens is 258 g/mol. The number of aryl methyl sites for hydroxylation is 1. The van der Waals surface area contributed by atoms with E-state index >= 15 is 0 Å². The summed E-state index contributed by atoms with van der Waals surface area (Å²) in [6.45, 7) is 3.83. The molecule has 0 aliphatic rings. The van der Waals surface area contributed by atoms with Crippen LogP contribution in [0.4, 0.5) is 10.5 Å². The maximum absolute atomic E-state index is 11.2. The van der Waals surface area contributed by atoms with E-state index in [2.05, 4.69) is 10.1 Å². The van der Waals surface area contributed by atoms with Crippen molar-refractivity contribution < 1.29 is 18.7 Å². The second-order valence-electron chi connectivity index (χ2n) is 4.41. The lowest BCUT2D eigenvalue weighted by Crippen LogP contribution is -2.12. The number of ether oxygens (including phenoxy) is 2. The molecule has 0 aliphatic heterocycles. The van der Waals surface area contributed by atoms with E-state index in [9.17, 15) is 4.79 Å². The molecule has 0 fully saturated rings. The number of nitrogens with one attached hydrogen (secondary N) is 1. The molecule has 1 aromatic carbocycles. The molecule has 1 unspecified atom stereocenters. The number of anilines is 1. The highest BCUT2D eigenvalue weighted by atomic mass is 16.5. The summed E-state index contributed by atoms with van der Waals surface area (Å²) >= 11 is 0. The summed E-state index contributed by atoms with van der Waals surface area (Å²) in [6, 6.07) is 7.31. The minimum atomic E-state index is -0.492. The molecule has 1 heterocycles. The zero-order chi connectivity index (χ0) is 14.5. The molecule has 0 saturated carbocycles. The Hall–Kier alpha value is -2.43. The predicted octanol–water partition coefficient (Wildman–Crippen LogP) is 3.91. The SMILES string of the molecule is COC(=O)Nc1ccc(OC(C)c2ccoc2)cc1C. The van der Waals surface area contributed by atoms with Gasteiger partial charge in [0.15, 0.2) is 0 Å². The van der Waals surface area contributed by atoms with E-state index in [1.807, 2.05) is 26.0 Å². The normalized spacial score (nSPS) is 11.8. The molecule has 0 aliphatic carbocycles. The summed E-state index contributed by atoms with van der Waals surface area (Å²) in [5.74, 6) is 0.728. The highest BCUT2D eigenvalue weighted by Crippen LogP contribution is 2.26. The first kappa shape index (κ1) is 14.0. The summed E-state index contributed by atoms with van der Waals surface area (Å²) in [7, 11) is 1.33. The van der Waals surface area contributed by atoms with Crippen LogP contribution >= 0.6 is 0 Å². The van der Waals surface area contributed by atoms with Crippen LogP contribution in [0.1, 0.15) is 24.2 Å². The van der Waals surface area contributed by atoms with Crippen molar-refractivity contribution in [3.8, 4) is 5.75 Å². The van der Waals surface area contributed by atoms with E-state index < -0.39 is 6.09 Å². The number of carbonyl (C=O) groups is 1. The fourth-order valence-corrected chi connectivity index (χ4v) is 1.79. The highest BCUT2D eigenvalue weighted by Gasteiger charge is 2.10. The Kier molecular flexibility index (Phi) is 4.30. The second kappa shape index (κ2) is 6.14. The van der Waals surface area contributed by atoms with E-state index in [1.54, 1.807) is 24.7 Å². The van der Waals surface area contributed by atoms with Gasteiger partial charge in [-0.3, -0.25) is 5.32 Å². The van der Waals surface area contributed by atoms with E-state index in [0.29, 0.717) is 5.69 Å². The lowest BCUT2D eigenvalue weighted by atomic mass is 10.2. The van der Waals surface area contributed by atoms with Gasteiger partial charge in [-0.1, -0.05) is 0 Å². The zero-order valence-electron chi connectivity index (χ0n) is 11.7. The molecule has 106 valence electrons. The quantitative estimate of drug-likeness (QED) is 0.919. The molecular formula is C15H17NO4. The third-order valence-corrected chi connectivity index (χ3v) is 2.95. The molecule has 20 heavy (non-hydrogen) atoms. The van der Waals surface area contributed by atoms with Crippen LogP contribution in [0.25, 0.3) is 0 Å². The van der Waals surface area contributed by atoms with Crippen LogP contribution < -0.4 is 10.1 Å². The third kappa shape index (κ3) is 3.32. The first-order valence-electron chi connectivity index (χ1n) is 6.24. The molecule has 1 amide bonds. The van der Waals surface area contributed by atoms with Crippen LogP contribution in [0, 0.1) is 6.92 Å². The van der Waals surface area contributed by atoms with Crippen molar-refractivity contribution in [2.75, 3.05) is 12.4 Å². The average molecular weight is 275 g/mol. The maximum Gasteiger partial charge on any atom is 0.411 e. The van der Waals surface area contributed by atoms with Gasteiger partial charge in [-0.25, -0.2) is 4.79 Å². The van der Waals surface area contributed by atoms with Crippen LogP contribution in [0.5, 0.6) is 5.75 Å². The van der Waals surface area contributed by atoms with Crippen molar-refractivity contribution in [1.29, 1.82) is 0 Å². The second-order valence-corrected chi connectivity index (χ2v) is 4.41. The van der Waals surface area contributed by atoms with E-state index in [0.717, 1.165) is 16.9 Å². The van der Waals surface area contributed by atoms with Gasteiger partial charge >= 0.3 is 6.09 Å². The topological polar surface area (TPSA) is 60.7 Å². The Labute approximate surface area is 117 Å². The number of furan rings is 1. The third-order valence-electron chi connectivity index (χ3n) is 2.95. The minimum absolute atomic E-state index is 0.104. The smallest absolute Gasteiger partial charge is 0.411 e. The van der Waals surface area contributed by atoms with Crippen LogP contribution in [0.15, 0.2) is 41.2 Å². The monoisotopic (exact) mass is 275 g/mol. The standard InChI is InChI=1S/C15H17NO4/c1-10-8-13(4-5-14(10)16-15(17)18-3)20-11(2)12-6-7-19-9-12/h4-9,11H,1-3H3,(H,16,17). The Bertz CT molecular complexity index is 578. The number of rotatable bonds is 4. The first-order valence-corrected chi connectivity index (χ1v) is 6.24. The number of amides is 1. The van der Waals surface area contributed by atoms with Gasteiger partial charge in [-0.05, 0) is 43.7 Å². The van der Waals surface area contributed by atoms with Crippen molar-refractivity contribution in [3.05, 3.63) is 47.9 Å². The Morgan fingerprint density at radius 3 is 2.75 bits per heavy atom. The largest absolute Gasteiger partial charge is 0.486 e. The Morgan fingerprint density at radius 2 is 2.15 bits per heavy atom. The number of carbonyl (C=O) groups excluding carboxylic acids is 1. The van der Waals surface area contributed by atoms with E-state index in [1.165, 1.54) is 7.11 Å². The van der Waals surface area contributed by atoms with Gasteiger partial charge in [0.05, 0.1) is 19.6 Å². The van der Waals surface area contributed by atoms with E-state index in [4.69, 9.17) is 9.15 Å². The summed E-state index contributed by atoms with van der Waals surface area (Å²) in [5, 5.41) is 2.64. The fourth-order valence-electron chi connectivity index (χ4n) is 1.79. The molecule has 2 aromatic rings. The number of methoxy groups -OCH3 is 1. The van der Waals surface area contributed by atoms with Crippen molar-refractivity contribution >= 4 is 11.8 Å². The van der Waals surface area contributed by atoms with Crippen molar-refractivity contribution in [3.63, 3.8) is 0 Å². The van der Waals surface area contributed by atoms with Gasteiger partial charge in [0, 0.05) is 11.3 Å². The zero-order valence-corrected chi connectivity index (χ0v) is 11.7. The Balaban J connectivity index is 2.07. The van der Waals surface area contributed by atoms with Crippen LogP contribution in [-0.2, 0) is 4.74 Å². The Morgan fingerprint density at radius 1 is 1.35 bits per heavy atom. The maximum atomic E-state index is 11.2. The molecule has 2 rings (SSSR count). The predicted molar refractivity (Wildman–Crippen MR) is 75.0 cm³/mol. The molecule has 5 nitrogen and oxygen atoms in total. The molecule has 0 bridgehead atoms. The van der Waals surface area contributed by atoms with Crippen molar-refractivity contribution in [2.24, 2.45) is 0 Å². The van der Waals surface area contributed by atoms with Gasteiger partial charge in [0.1, 0.15) is 11.9 Å². The highest BCUT2D eigenvalue weighted by molar-refractivity contribution is 5.85. The fraction of sp³-hybridized carbons (Fsp3) is 0.267. The first-order chi connectivity index (χ1) is 9.60. The molecule has 0 spiro atoms. The minimum Gasteiger partial charge on any atom is -0.486 e. The lowest BCUT2D eigenvalue weighted by Gasteiger charge is -2.15. The summed E-state index contributed by atoms with van der Waals surface area (Å²) in [5.41, 5.74) is 2.56. The van der Waals surface area contributed by atoms with Crippen molar-refractivity contribution in [1.82, 2.24) is 0 Å². The average Bonchev–Trinajstić information content (AvgIpc) is 2.95. The summed E-state index contributed by atoms with van der Waals surface area (Å²) in [4.78, 5) is 11.2. The lowest BCUT2D eigenvalue weighted by molar-refractivity contribution is 0.187. The van der Waals surface area contributed by atoms with Gasteiger partial charge in [-0.15, -0.1) is 0 Å². The molecule has 0 radical (unpaired) electrons. The molecule has 0 saturated heterocycles. The number of hydrogen-bond acceptors (Lipinski definition) is 4. The number of hydrogen-bond donors (Lipinski definition) is 1. The van der Waals surface area contributed by atoms with Crippen LogP contribution in [0.2, 0.25) is 0 Å². The van der Waals surface area contributed by atoms with Gasteiger partial charge in [0.2, 0.25) is 0 Å². The molecule has 1 aromatic heterocycles. The molecule has 1 atom stereocenters. The summed E-state index contributed by atoms with van der Waals surface area (Å²) in [6.07, 6.45) is 2.68. The van der Waals surface area contributed by atoms with Crippen molar-refractivity contribution in [2.45, 2.75) is 20.0 Å². The molecule has 5 heteroatoms. The summed E-state index contributed by atoms with van der Waals surface area (Å²) < 4.78 is 15.4. The van der Waals surface area contributed by atoms with E-state index in [-0.39, 0.29) is 6.10 Å². The van der Waals surface area contributed by atoms with Gasteiger partial charge < -0.3 is 13.9 Å². The van der Waals surface area contributed by atoms with Crippen LogP contribution in [0.3, 0.4) is 0 Å². The van der Waals surface area contributed by atoms with Crippen LogP contribution in [-0.4, -0.2) is 13.2 Å². The molecule has 1 N–H and O–H groups in total. The number of benzene rings is 1. The van der Waals surface area contributed by atoms with Gasteiger partial charge in [0.25, 0.3) is 0 Å². The van der Waals surface area contributed by atoms with Gasteiger partial charge in [-0.2, -0.15) is 0 Å².